The smallest absolute Gasteiger partial charge is 0.407 e. The summed E-state index contributed by atoms with van der Waals surface area (Å²) in [6.07, 6.45) is 0.351. The molecule has 41 heavy (non-hydrogen) atoms. The van der Waals surface area contributed by atoms with E-state index in [4.69, 9.17) is 9.47 Å². The number of carboxylic acid groups (broad SMARTS) is 1. The van der Waals surface area contributed by atoms with Gasteiger partial charge in [0.15, 0.2) is 0 Å². The molecule has 8 nitrogen and oxygen atoms in total. The number of carboxylic acids is 1. The third kappa shape index (κ3) is 5.74. The van der Waals surface area contributed by atoms with Crippen LogP contribution < -0.4 is 5.32 Å². The number of nitrogens with one attached hydrogen (secondary N) is 1. The Balaban J connectivity index is 1.28. The van der Waals surface area contributed by atoms with E-state index in [1.54, 1.807) is 13.0 Å². The molecule has 1 aliphatic carbocycles. The predicted molar refractivity (Wildman–Crippen MR) is 154 cm³/mol. The van der Waals surface area contributed by atoms with Crippen LogP contribution in [0.3, 0.4) is 0 Å². The van der Waals surface area contributed by atoms with Crippen molar-refractivity contribution in [2.75, 3.05) is 19.7 Å². The zero-order valence-corrected chi connectivity index (χ0v) is 23.0. The van der Waals surface area contributed by atoms with E-state index in [-0.39, 0.29) is 38.6 Å². The zero-order chi connectivity index (χ0) is 29.0. The number of amides is 2. The first kappa shape index (κ1) is 28.1. The molecule has 0 radical (unpaired) electrons. The Hall–Kier alpha value is -4.43. The van der Waals surface area contributed by atoms with Crippen molar-refractivity contribution in [1.29, 1.82) is 0 Å². The van der Waals surface area contributed by atoms with E-state index in [9.17, 15) is 19.5 Å². The zero-order valence-electron chi connectivity index (χ0n) is 23.0. The summed E-state index contributed by atoms with van der Waals surface area (Å²) in [6, 6.07) is 24.6. The second kappa shape index (κ2) is 12.0. The highest BCUT2D eigenvalue weighted by molar-refractivity contribution is 5.89. The average molecular weight is 555 g/mol. The highest BCUT2D eigenvalue weighted by Crippen LogP contribution is 2.44. The summed E-state index contributed by atoms with van der Waals surface area (Å²) in [5.41, 5.74) is 4.26. The molecule has 0 bridgehead atoms. The second-order valence-corrected chi connectivity index (χ2v) is 10.7. The van der Waals surface area contributed by atoms with Gasteiger partial charge in [0, 0.05) is 19.0 Å². The monoisotopic (exact) mass is 554 g/mol. The number of likely N-dealkylation sites (tertiary alicyclic amines) is 1. The number of ether oxygens (including phenoxy) is 2. The third-order valence-corrected chi connectivity index (χ3v) is 8.00. The van der Waals surface area contributed by atoms with Gasteiger partial charge in [-0.3, -0.25) is 9.59 Å². The van der Waals surface area contributed by atoms with Crippen molar-refractivity contribution in [3.05, 3.63) is 108 Å². The minimum atomic E-state index is -1.07. The largest absolute Gasteiger partial charge is 0.481 e. The Morgan fingerprint density at radius 1 is 1.00 bits per heavy atom. The fraction of sp³-hybridized carbons (Fsp3) is 0.303. The Morgan fingerprint density at radius 2 is 1.59 bits per heavy atom. The molecule has 0 spiro atoms. The molecule has 2 atom stereocenters. The molecule has 2 aliphatic rings. The Bertz CT molecular complexity index is 1390. The van der Waals surface area contributed by atoms with E-state index < -0.39 is 35.5 Å². The van der Waals surface area contributed by atoms with Crippen molar-refractivity contribution in [1.82, 2.24) is 10.2 Å². The Kier molecular flexibility index (Phi) is 8.21. The van der Waals surface area contributed by atoms with Crippen molar-refractivity contribution in [3.63, 3.8) is 0 Å². The van der Waals surface area contributed by atoms with Gasteiger partial charge in [0.05, 0.1) is 12.7 Å². The molecular formula is C33H34N2O6. The molecule has 5 rings (SSSR count). The van der Waals surface area contributed by atoms with E-state index >= 15 is 0 Å². The maximum Gasteiger partial charge on any atom is 0.407 e. The Morgan fingerprint density at radius 3 is 2.17 bits per heavy atom. The van der Waals surface area contributed by atoms with Crippen molar-refractivity contribution < 1.29 is 29.0 Å². The molecule has 0 unspecified atom stereocenters. The SMILES string of the molecule is C=CCC1(C(=O)O)CN(C(=O)[C@H](NC(=O)OCC2c3ccccc3-c3ccccc32)[C@H](C)OCc2ccccc2)C1. The van der Waals surface area contributed by atoms with Gasteiger partial charge in [0.2, 0.25) is 5.91 Å². The van der Waals surface area contributed by atoms with Gasteiger partial charge < -0.3 is 24.8 Å². The van der Waals surface area contributed by atoms with Crippen molar-refractivity contribution in [3.8, 4) is 11.1 Å². The fourth-order valence-electron chi connectivity index (χ4n) is 5.71. The molecule has 1 aliphatic heterocycles. The minimum absolute atomic E-state index is 0.0292. The topological polar surface area (TPSA) is 105 Å². The van der Waals surface area contributed by atoms with Crippen LogP contribution in [0.1, 0.15) is 36.0 Å². The lowest BCUT2D eigenvalue weighted by Crippen LogP contribution is -2.66. The first-order valence-electron chi connectivity index (χ1n) is 13.7. The second-order valence-electron chi connectivity index (χ2n) is 10.7. The number of hydrogen-bond acceptors (Lipinski definition) is 5. The fourth-order valence-corrected chi connectivity index (χ4v) is 5.71. The lowest BCUT2D eigenvalue weighted by atomic mass is 9.76. The molecule has 2 N–H and O–H groups in total. The van der Waals surface area contributed by atoms with E-state index in [0.29, 0.717) is 0 Å². The van der Waals surface area contributed by atoms with Gasteiger partial charge in [-0.25, -0.2) is 4.79 Å². The molecule has 3 aromatic rings. The average Bonchev–Trinajstić information content (AvgIpc) is 3.29. The van der Waals surface area contributed by atoms with E-state index in [1.165, 1.54) is 4.90 Å². The van der Waals surface area contributed by atoms with Gasteiger partial charge in [-0.15, -0.1) is 6.58 Å². The van der Waals surface area contributed by atoms with Gasteiger partial charge in [0.1, 0.15) is 18.1 Å². The summed E-state index contributed by atoms with van der Waals surface area (Å²) in [7, 11) is 0. The molecular weight excluding hydrogens is 520 g/mol. The molecule has 3 aromatic carbocycles. The number of carbonyl (C=O) groups is 3. The quantitative estimate of drug-likeness (QED) is 0.324. The number of hydrogen-bond donors (Lipinski definition) is 2. The van der Waals surface area contributed by atoms with Gasteiger partial charge in [-0.1, -0.05) is 84.9 Å². The maximum absolute atomic E-state index is 13.6. The number of fused-ring (bicyclic) bond motifs is 3. The van der Waals surface area contributed by atoms with Crippen LogP contribution >= 0.6 is 0 Å². The van der Waals surface area contributed by atoms with Crippen LogP contribution in [0.25, 0.3) is 11.1 Å². The van der Waals surface area contributed by atoms with Crippen LogP contribution in [0, 0.1) is 5.41 Å². The molecule has 0 aromatic heterocycles. The number of rotatable bonds is 11. The normalized spacial score (nSPS) is 16.5. The molecule has 0 saturated carbocycles. The van der Waals surface area contributed by atoms with Gasteiger partial charge in [-0.2, -0.15) is 0 Å². The summed E-state index contributed by atoms with van der Waals surface area (Å²) in [5.74, 6) is -1.52. The summed E-state index contributed by atoms with van der Waals surface area (Å²) in [6.45, 7) is 5.77. The highest BCUT2D eigenvalue weighted by atomic mass is 16.5. The standard InChI is InChI=1S/C33H34N2O6/c1-3-17-33(31(37)38)20-35(21-33)30(36)29(22(2)40-18-23-11-5-4-6-12-23)34-32(39)41-19-28-26-15-9-7-13-24(26)25-14-8-10-16-27(25)28/h3-16,22,28-29H,1,17-21H2,2H3,(H,34,39)(H,37,38)/t22-,29+/m0/s1. The number of benzene rings is 3. The summed E-state index contributed by atoms with van der Waals surface area (Å²) < 4.78 is 11.7. The van der Waals surface area contributed by atoms with Gasteiger partial charge in [-0.05, 0) is 41.2 Å². The summed E-state index contributed by atoms with van der Waals surface area (Å²) in [4.78, 5) is 40.0. The Labute approximate surface area is 239 Å². The predicted octanol–water partition coefficient (Wildman–Crippen LogP) is 4.99. The number of aliphatic carboxylic acids is 1. The van der Waals surface area contributed by atoms with Crippen LogP contribution in [0.5, 0.6) is 0 Å². The highest BCUT2D eigenvalue weighted by Gasteiger charge is 2.52. The van der Waals surface area contributed by atoms with Gasteiger partial charge in [0.25, 0.3) is 0 Å². The van der Waals surface area contributed by atoms with Crippen LogP contribution in [0.4, 0.5) is 4.79 Å². The number of alkyl carbamates (subject to hydrolysis) is 1. The van der Waals surface area contributed by atoms with E-state index in [2.05, 4.69) is 24.0 Å². The first-order valence-corrected chi connectivity index (χ1v) is 13.7. The molecule has 1 fully saturated rings. The molecule has 1 heterocycles. The molecule has 1 saturated heterocycles. The first-order chi connectivity index (χ1) is 19.8. The molecule has 212 valence electrons. The van der Waals surface area contributed by atoms with Crippen molar-refractivity contribution in [2.45, 2.75) is 38.0 Å². The van der Waals surface area contributed by atoms with E-state index in [0.717, 1.165) is 27.8 Å². The van der Waals surface area contributed by atoms with Crippen LogP contribution in [0.2, 0.25) is 0 Å². The summed E-state index contributed by atoms with van der Waals surface area (Å²) >= 11 is 0. The third-order valence-electron chi connectivity index (χ3n) is 8.00. The van der Waals surface area contributed by atoms with Crippen LogP contribution in [-0.2, 0) is 25.7 Å². The van der Waals surface area contributed by atoms with E-state index in [1.807, 2.05) is 66.7 Å². The molecule has 8 heteroatoms. The van der Waals surface area contributed by atoms with Crippen molar-refractivity contribution in [2.24, 2.45) is 5.41 Å². The van der Waals surface area contributed by atoms with Crippen LogP contribution in [-0.4, -0.2) is 59.8 Å². The molecule has 2 amide bonds. The van der Waals surface area contributed by atoms with Crippen molar-refractivity contribution >= 4 is 18.0 Å². The van der Waals surface area contributed by atoms with Crippen LogP contribution in [0.15, 0.2) is 91.5 Å². The van der Waals surface area contributed by atoms with Gasteiger partial charge >= 0.3 is 12.1 Å². The lowest BCUT2D eigenvalue weighted by molar-refractivity contribution is -0.167. The maximum atomic E-state index is 13.6. The number of nitrogens with zero attached hydrogens (tertiary/aromatic N) is 1. The minimum Gasteiger partial charge on any atom is -0.481 e. The lowest BCUT2D eigenvalue weighted by Gasteiger charge is -2.48. The number of allylic oxidation sites excluding steroid dienone is 1. The summed E-state index contributed by atoms with van der Waals surface area (Å²) in [5, 5.41) is 12.4. The number of carbonyl (C=O) groups excluding carboxylic acids is 2.